The van der Waals surface area contributed by atoms with Gasteiger partial charge in [-0.25, -0.2) is 5.43 Å². The van der Waals surface area contributed by atoms with Crippen molar-refractivity contribution in [1.29, 1.82) is 0 Å². The van der Waals surface area contributed by atoms with Gasteiger partial charge in [0.15, 0.2) is 18.1 Å². The fraction of sp³-hybridized carbons (Fsp3) is 0.222. The molecule has 0 radical (unpaired) electrons. The van der Waals surface area contributed by atoms with E-state index >= 15 is 0 Å². The predicted molar refractivity (Wildman–Crippen MR) is 102 cm³/mol. The third-order valence-electron chi connectivity index (χ3n) is 3.61. The highest BCUT2D eigenvalue weighted by Crippen LogP contribution is 2.36. The number of hydrogen-bond acceptors (Lipinski definition) is 5. The van der Waals surface area contributed by atoms with Crippen LogP contribution in [-0.2, 0) is 4.79 Å². The first-order valence-corrected chi connectivity index (χ1v) is 8.91. The zero-order valence-corrected chi connectivity index (χ0v) is 16.5. The average molecular weight is 440 g/mol. The Morgan fingerprint density at radius 1 is 1.31 bits per heavy atom. The van der Waals surface area contributed by atoms with Crippen molar-refractivity contribution in [2.24, 2.45) is 5.10 Å². The van der Waals surface area contributed by atoms with Gasteiger partial charge in [-0.05, 0) is 53.0 Å². The molecule has 0 unspecified atom stereocenters. The summed E-state index contributed by atoms with van der Waals surface area (Å²) in [7, 11) is 0. The van der Waals surface area contributed by atoms with Crippen molar-refractivity contribution in [1.82, 2.24) is 5.43 Å². The molecule has 8 heteroatoms. The molecule has 0 fully saturated rings. The van der Waals surface area contributed by atoms with Gasteiger partial charge in [-0.1, -0.05) is 17.7 Å². The van der Waals surface area contributed by atoms with Crippen LogP contribution in [0.3, 0.4) is 0 Å². The van der Waals surface area contributed by atoms with E-state index in [2.05, 4.69) is 26.5 Å². The Labute approximate surface area is 164 Å². The Balaban J connectivity index is 1.57. The van der Waals surface area contributed by atoms with E-state index in [9.17, 15) is 4.79 Å². The summed E-state index contributed by atoms with van der Waals surface area (Å²) in [5.41, 5.74) is 5.06. The fourth-order valence-electron chi connectivity index (χ4n) is 2.46. The van der Waals surface area contributed by atoms with Crippen molar-refractivity contribution in [3.05, 3.63) is 50.5 Å². The van der Waals surface area contributed by atoms with Crippen molar-refractivity contribution >= 4 is 39.7 Å². The maximum absolute atomic E-state index is 11.9. The lowest BCUT2D eigenvalue weighted by Crippen LogP contribution is -2.24. The molecule has 6 nitrogen and oxygen atoms in total. The minimum Gasteiger partial charge on any atom is -0.482 e. The van der Waals surface area contributed by atoms with Crippen LogP contribution in [-0.4, -0.2) is 25.5 Å². The van der Waals surface area contributed by atoms with Crippen molar-refractivity contribution in [3.63, 3.8) is 0 Å². The smallest absolute Gasteiger partial charge is 0.277 e. The maximum Gasteiger partial charge on any atom is 0.277 e. The number of carbonyl (C=O) groups excluding carboxylic acids is 1. The number of hydrazone groups is 1. The van der Waals surface area contributed by atoms with E-state index in [0.717, 1.165) is 15.6 Å². The number of rotatable bonds is 5. The minimum atomic E-state index is -0.384. The monoisotopic (exact) mass is 438 g/mol. The molecule has 0 atom stereocenters. The van der Waals surface area contributed by atoms with Crippen molar-refractivity contribution in [2.45, 2.75) is 13.8 Å². The number of nitrogens with one attached hydrogen (secondary N) is 1. The molecule has 1 N–H and O–H groups in total. The van der Waals surface area contributed by atoms with Gasteiger partial charge < -0.3 is 14.2 Å². The highest BCUT2D eigenvalue weighted by atomic mass is 79.9. The van der Waals surface area contributed by atoms with Crippen LogP contribution in [0.5, 0.6) is 17.2 Å². The SMILES string of the molecule is Cc1cc(C)c(OCC(=O)N/N=C\c2cc3c(cc2Cl)OCO3)c(Br)c1. The van der Waals surface area contributed by atoms with Crippen LogP contribution in [0.4, 0.5) is 0 Å². The van der Waals surface area contributed by atoms with E-state index in [4.69, 9.17) is 25.8 Å². The molecule has 0 saturated heterocycles. The zero-order valence-electron chi connectivity index (χ0n) is 14.1. The summed E-state index contributed by atoms with van der Waals surface area (Å²) in [6, 6.07) is 7.26. The van der Waals surface area contributed by atoms with Gasteiger partial charge in [-0.2, -0.15) is 5.10 Å². The summed E-state index contributed by atoms with van der Waals surface area (Å²) in [5, 5.41) is 4.35. The summed E-state index contributed by atoms with van der Waals surface area (Å²) in [5.74, 6) is 1.42. The number of hydrogen-bond donors (Lipinski definition) is 1. The number of nitrogens with zero attached hydrogens (tertiary/aromatic N) is 1. The highest BCUT2D eigenvalue weighted by Gasteiger charge is 2.15. The highest BCUT2D eigenvalue weighted by molar-refractivity contribution is 9.10. The zero-order chi connectivity index (χ0) is 18.7. The molecular formula is C18H16BrClN2O4. The van der Waals surface area contributed by atoms with Crippen LogP contribution in [0.1, 0.15) is 16.7 Å². The Kier molecular flexibility index (Phi) is 5.68. The number of halogens is 2. The molecule has 1 aliphatic rings. The topological polar surface area (TPSA) is 69.2 Å². The van der Waals surface area contributed by atoms with E-state index in [-0.39, 0.29) is 19.3 Å². The van der Waals surface area contributed by atoms with Gasteiger partial charge in [0.1, 0.15) is 5.75 Å². The van der Waals surface area contributed by atoms with Gasteiger partial charge in [0.05, 0.1) is 15.7 Å². The number of ether oxygens (including phenoxy) is 3. The summed E-state index contributed by atoms with van der Waals surface area (Å²) >= 11 is 9.58. The molecule has 1 aliphatic heterocycles. The van der Waals surface area contributed by atoms with Crippen molar-refractivity contribution < 1.29 is 19.0 Å². The van der Waals surface area contributed by atoms with E-state index in [1.807, 2.05) is 26.0 Å². The largest absolute Gasteiger partial charge is 0.482 e. The number of aryl methyl sites for hydroxylation is 2. The Morgan fingerprint density at radius 3 is 2.77 bits per heavy atom. The minimum absolute atomic E-state index is 0.158. The average Bonchev–Trinajstić information content (AvgIpc) is 3.01. The van der Waals surface area contributed by atoms with Crippen molar-refractivity contribution in [3.8, 4) is 17.2 Å². The first kappa shape index (κ1) is 18.5. The predicted octanol–water partition coefficient (Wildman–Crippen LogP) is 3.98. The molecule has 0 saturated carbocycles. The molecule has 0 aliphatic carbocycles. The number of carbonyl (C=O) groups is 1. The van der Waals surface area contributed by atoms with Crippen molar-refractivity contribution in [2.75, 3.05) is 13.4 Å². The van der Waals surface area contributed by atoms with Crippen LogP contribution in [0.25, 0.3) is 0 Å². The fourth-order valence-corrected chi connectivity index (χ4v) is 3.45. The molecule has 0 aromatic heterocycles. The number of benzene rings is 2. The molecule has 1 amide bonds. The lowest BCUT2D eigenvalue weighted by Gasteiger charge is -2.11. The van der Waals surface area contributed by atoms with Gasteiger partial charge in [0, 0.05) is 11.6 Å². The third kappa shape index (κ3) is 4.28. The van der Waals surface area contributed by atoms with Gasteiger partial charge in [-0.3, -0.25) is 4.79 Å². The van der Waals surface area contributed by atoms with Crippen LogP contribution in [0.2, 0.25) is 5.02 Å². The summed E-state index contributed by atoms with van der Waals surface area (Å²) in [4.78, 5) is 11.9. The molecule has 0 spiro atoms. The van der Waals surface area contributed by atoms with Gasteiger partial charge in [0.2, 0.25) is 6.79 Å². The second kappa shape index (κ2) is 7.97. The van der Waals surface area contributed by atoms with Crippen LogP contribution in [0.15, 0.2) is 33.8 Å². The maximum atomic E-state index is 11.9. The van der Waals surface area contributed by atoms with E-state index in [1.54, 1.807) is 12.1 Å². The molecule has 3 rings (SSSR count). The second-order valence-electron chi connectivity index (χ2n) is 5.70. The number of fused-ring (bicyclic) bond motifs is 1. The lowest BCUT2D eigenvalue weighted by molar-refractivity contribution is -0.123. The van der Waals surface area contributed by atoms with Crippen LogP contribution >= 0.6 is 27.5 Å². The standard InChI is InChI=1S/C18H16BrClN2O4/c1-10-3-11(2)18(13(19)4-10)24-8-17(23)22-21-7-12-5-15-16(6-14(12)20)26-9-25-15/h3-7H,8-9H2,1-2H3,(H,22,23)/b21-7-. The molecule has 1 heterocycles. The molecule has 26 heavy (non-hydrogen) atoms. The molecule has 2 aromatic rings. The molecule has 0 bridgehead atoms. The molecule has 2 aromatic carbocycles. The van der Waals surface area contributed by atoms with E-state index < -0.39 is 0 Å². The van der Waals surface area contributed by atoms with Gasteiger partial charge in [0.25, 0.3) is 5.91 Å². The second-order valence-corrected chi connectivity index (χ2v) is 6.96. The quantitative estimate of drug-likeness (QED) is 0.565. The normalized spacial score (nSPS) is 12.5. The third-order valence-corrected chi connectivity index (χ3v) is 4.52. The van der Waals surface area contributed by atoms with Gasteiger partial charge >= 0.3 is 0 Å². The lowest BCUT2D eigenvalue weighted by atomic mass is 10.1. The summed E-state index contributed by atoms with van der Waals surface area (Å²) in [6.07, 6.45) is 1.44. The molecule has 136 valence electrons. The van der Waals surface area contributed by atoms with Gasteiger partial charge in [-0.15, -0.1) is 0 Å². The van der Waals surface area contributed by atoms with Crippen LogP contribution in [0, 0.1) is 13.8 Å². The van der Waals surface area contributed by atoms with Crippen LogP contribution < -0.4 is 19.6 Å². The summed E-state index contributed by atoms with van der Waals surface area (Å²) in [6.45, 7) is 3.91. The Morgan fingerprint density at radius 2 is 2.04 bits per heavy atom. The number of amides is 1. The first-order valence-electron chi connectivity index (χ1n) is 7.74. The molecular weight excluding hydrogens is 424 g/mol. The Hall–Kier alpha value is -2.25. The summed E-state index contributed by atoms with van der Waals surface area (Å²) < 4.78 is 16.9. The Bertz CT molecular complexity index is 863. The van der Waals surface area contributed by atoms with E-state index in [1.165, 1.54) is 6.21 Å². The first-order chi connectivity index (χ1) is 12.4. The van der Waals surface area contributed by atoms with E-state index in [0.29, 0.717) is 27.8 Å².